The van der Waals surface area contributed by atoms with Gasteiger partial charge < -0.3 is 14.6 Å². The molecule has 100 valence electrons. The molecule has 0 amide bonds. The molecule has 4 nitrogen and oxygen atoms in total. The zero-order chi connectivity index (χ0) is 12.5. The molecular formula is C13H24O4. The Morgan fingerprint density at radius 1 is 1.18 bits per heavy atom. The molecule has 0 radical (unpaired) electrons. The van der Waals surface area contributed by atoms with Crippen LogP contribution in [0.2, 0.25) is 0 Å². The van der Waals surface area contributed by atoms with E-state index in [-0.39, 0.29) is 18.7 Å². The molecule has 1 fully saturated rings. The summed E-state index contributed by atoms with van der Waals surface area (Å²) in [5, 5.41) is 8.69. The summed E-state index contributed by atoms with van der Waals surface area (Å²) in [7, 11) is 0. The van der Waals surface area contributed by atoms with E-state index in [4.69, 9.17) is 14.6 Å². The SMILES string of the molecule is CCCCCCCCCC(=O)OC1OC1CO. The second-order valence-corrected chi connectivity index (χ2v) is 4.59. The normalized spacial score (nSPS) is 22.5. The van der Waals surface area contributed by atoms with Crippen molar-refractivity contribution in [3.8, 4) is 0 Å². The highest BCUT2D eigenvalue weighted by atomic mass is 16.8. The van der Waals surface area contributed by atoms with E-state index in [0.29, 0.717) is 6.42 Å². The second-order valence-electron chi connectivity index (χ2n) is 4.59. The van der Waals surface area contributed by atoms with Crippen LogP contribution in [0.1, 0.15) is 58.3 Å². The predicted molar refractivity (Wildman–Crippen MR) is 64.4 cm³/mol. The maximum atomic E-state index is 11.3. The number of rotatable bonds is 10. The maximum Gasteiger partial charge on any atom is 0.308 e. The van der Waals surface area contributed by atoms with Gasteiger partial charge in [0.15, 0.2) is 0 Å². The van der Waals surface area contributed by atoms with Crippen molar-refractivity contribution in [3.63, 3.8) is 0 Å². The summed E-state index contributed by atoms with van der Waals surface area (Å²) in [5.74, 6) is -0.209. The van der Waals surface area contributed by atoms with E-state index in [0.717, 1.165) is 12.8 Å². The summed E-state index contributed by atoms with van der Waals surface area (Å²) < 4.78 is 9.90. The number of epoxide rings is 1. The van der Waals surface area contributed by atoms with Crippen molar-refractivity contribution in [2.45, 2.75) is 70.7 Å². The van der Waals surface area contributed by atoms with E-state index in [1.54, 1.807) is 0 Å². The number of hydrogen-bond acceptors (Lipinski definition) is 4. The molecular weight excluding hydrogens is 220 g/mol. The minimum Gasteiger partial charge on any atom is -0.433 e. The van der Waals surface area contributed by atoms with Gasteiger partial charge in [0.05, 0.1) is 6.61 Å². The lowest BCUT2D eigenvalue weighted by Gasteiger charge is -2.02. The number of esters is 1. The van der Waals surface area contributed by atoms with Gasteiger partial charge in [0.1, 0.15) is 6.10 Å². The molecule has 0 aromatic carbocycles. The van der Waals surface area contributed by atoms with Crippen LogP contribution in [-0.2, 0) is 14.3 Å². The fraction of sp³-hybridized carbons (Fsp3) is 0.923. The molecule has 0 aromatic heterocycles. The van der Waals surface area contributed by atoms with Gasteiger partial charge >= 0.3 is 5.97 Å². The highest BCUT2D eigenvalue weighted by Gasteiger charge is 2.41. The number of aliphatic hydroxyl groups is 1. The lowest BCUT2D eigenvalue weighted by atomic mass is 10.1. The quantitative estimate of drug-likeness (QED) is 0.364. The van der Waals surface area contributed by atoms with Gasteiger partial charge in [0, 0.05) is 6.42 Å². The van der Waals surface area contributed by atoms with Crippen molar-refractivity contribution in [2.75, 3.05) is 6.61 Å². The minimum atomic E-state index is -0.489. The number of unbranched alkanes of at least 4 members (excludes halogenated alkanes) is 6. The first kappa shape index (κ1) is 14.5. The number of carbonyl (C=O) groups is 1. The molecule has 0 spiro atoms. The molecule has 2 unspecified atom stereocenters. The molecule has 1 aliphatic heterocycles. The third-order valence-corrected chi connectivity index (χ3v) is 2.95. The van der Waals surface area contributed by atoms with Crippen LogP contribution in [0, 0.1) is 0 Å². The molecule has 1 heterocycles. The first-order valence-electron chi connectivity index (χ1n) is 6.73. The van der Waals surface area contributed by atoms with Gasteiger partial charge in [0.25, 0.3) is 0 Å². The molecule has 17 heavy (non-hydrogen) atoms. The van der Waals surface area contributed by atoms with Crippen LogP contribution in [0.3, 0.4) is 0 Å². The summed E-state index contributed by atoms with van der Waals surface area (Å²) in [6.45, 7) is 2.13. The van der Waals surface area contributed by atoms with E-state index < -0.39 is 6.29 Å². The average Bonchev–Trinajstić information content (AvgIpc) is 3.06. The highest BCUT2D eigenvalue weighted by molar-refractivity contribution is 5.69. The van der Waals surface area contributed by atoms with E-state index in [9.17, 15) is 4.79 Å². The fourth-order valence-corrected chi connectivity index (χ4v) is 1.77. The Hall–Kier alpha value is -0.610. The van der Waals surface area contributed by atoms with Gasteiger partial charge in [0.2, 0.25) is 6.29 Å². The topological polar surface area (TPSA) is 59.1 Å². The van der Waals surface area contributed by atoms with Crippen molar-refractivity contribution in [3.05, 3.63) is 0 Å². The van der Waals surface area contributed by atoms with Crippen LogP contribution >= 0.6 is 0 Å². The lowest BCUT2D eigenvalue weighted by molar-refractivity contribution is -0.148. The molecule has 0 aromatic rings. The molecule has 0 aliphatic carbocycles. The molecule has 1 rings (SSSR count). The first-order chi connectivity index (χ1) is 8.27. The summed E-state index contributed by atoms with van der Waals surface area (Å²) in [5.41, 5.74) is 0. The van der Waals surface area contributed by atoms with E-state index in [1.165, 1.54) is 32.1 Å². The standard InChI is InChI=1S/C13H24O4/c1-2-3-4-5-6-7-8-9-12(15)17-13-11(10-14)16-13/h11,13-14H,2-10H2,1H3. The number of hydrogen-bond donors (Lipinski definition) is 1. The zero-order valence-electron chi connectivity index (χ0n) is 10.7. The summed E-state index contributed by atoms with van der Waals surface area (Å²) in [4.78, 5) is 11.3. The van der Waals surface area contributed by atoms with Crippen molar-refractivity contribution in [1.82, 2.24) is 0 Å². The number of ether oxygens (including phenoxy) is 2. The Bertz CT molecular complexity index is 217. The van der Waals surface area contributed by atoms with Gasteiger partial charge in [-0.15, -0.1) is 0 Å². The van der Waals surface area contributed by atoms with Crippen molar-refractivity contribution >= 4 is 5.97 Å². The Labute approximate surface area is 103 Å². The molecule has 0 saturated carbocycles. The van der Waals surface area contributed by atoms with E-state index in [1.807, 2.05) is 0 Å². The molecule has 2 atom stereocenters. The lowest BCUT2D eigenvalue weighted by Crippen LogP contribution is -2.10. The summed E-state index contributed by atoms with van der Waals surface area (Å²) >= 11 is 0. The van der Waals surface area contributed by atoms with E-state index >= 15 is 0 Å². The largest absolute Gasteiger partial charge is 0.433 e. The predicted octanol–water partition coefficient (Wildman–Crippen LogP) is 2.39. The van der Waals surface area contributed by atoms with Crippen molar-refractivity contribution in [2.24, 2.45) is 0 Å². The molecule has 1 N–H and O–H groups in total. The highest BCUT2D eigenvalue weighted by Crippen LogP contribution is 2.23. The van der Waals surface area contributed by atoms with Gasteiger partial charge in [-0.3, -0.25) is 4.79 Å². The van der Waals surface area contributed by atoms with Gasteiger partial charge in [-0.2, -0.15) is 0 Å². The zero-order valence-corrected chi connectivity index (χ0v) is 10.7. The smallest absolute Gasteiger partial charge is 0.308 e. The van der Waals surface area contributed by atoms with Crippen LogP contribution in [0.15, 0.2) is 0 Å². The summed E-state index contributed by atoms with van der Waals surface area (Å²) in [6, 6.07) is 0. The van der Waals surface area contributed by atoms with Gasteiger partial charge in [-0.1, -0.05) is 45.4 Å². The molecule has 1 aliphatic rings. The van der Waals surface area contributed by atoms with Crippen molar-refractivity contribution < 1.29 is 19.4 Å². The second kappa shape index (κ2) is 8.48. The van der Waals surface area contributed by atoms with Crippen LogP contribution in [0.4, 0.5) is 0 Å². The Morgan fingerprint density at radius 3 is 2.41 bits per heavy atom. The van der Waals surface area contributed by atoms with Crippen LogP contribution in [-0.4, -0.2) is 30.1 Å². The minimum absolute atomic E-state index is 0.0740. The average molecular weight is 244 g/mol. The third-order valence-electron chi connectivity index (χ3n) is 2.95. The maximum absolute atomic E-state index is 11.3. The fourth-order valence-electron chi connectivity index (χ4n) is 1.77. The number of aliphatic hydroxyl groups excluding tert-OH is 1. The molecule has 0 bridgehead atoms. The van der Waals surface area contributed by atoms with Gasteiger partial charge in [-0.05, 0) is 6.42 Å². The molecule has 1 saturated heterocycles. The first-order valence-corrected chi connectivity index (χ1v) is 6.73. The van der Waals surface area contributed by atoms with E-state index in [2.05, 4.69) is 6.92 Å². The summed E-state index contributed by atoms with van der Waals surface area (Å²) in [6.07, 6.45) is 8.01. The Kier molecular flexibility index (Phi) is 7.21. The van der Waals surface area contributed by atoms with Crippen LogP contribution < -0.4 is 0 Å². The molecule has 4 heteroatoms. The Balaban J connectivity index is 1.84. The number of carbonyl (C=O) groups excluding carboxylic acids is 1. The third kappa shape index (κ3) is 6.64. The van der Waals surface area contributed by atoms with Crippen molar-refractivity contribution in [1.29, 1.82) is 0 Å². The Morgan fingerprint density at radius 2 is 1.82 bits per heavy atom. The van der Waals surface area contributed by atoms with Crippen LogP contribution in [0.25, 0.3) is 0 Å². The monoisotopic (exact) mass is 244 g/mol. The van der Waals surface area contributed by atoms with Crippen LogP contribution in [0.5, 0.6) is 0 Å². The van der Waals surface area contributed by atoms with Gasteiger partial charge in [-0.25, -0.2) is 0 Å².